The zero-order valence-electron chi connectivity index (χ0n) is 10.3. The Morgan fingerprint density at radius 2 is 2.31 bits per heavy atom. The second-order valence-corrected chi connectivity index (χ2v) is 4.96. The Labute approximate surface area is 97.2 Å². The second-order valence-electron chi connectivity index (χ2n) is 4.96. The fourth-order valence-electron chi connectivity index (χ4n) is 2.65. The smallest absolute Gasteiger partial charge is 0.138 e. The monoisotopic (exact) mass is 222 g/mol. The molecule has 0 amide bonds. The van der Waals surface area contributed by atoms with Gasteiger partial charge in [0.05, 0.1) is 0 Å². The van der Waals surface area contributed by atoms with Crippen LogP contribution in [0.15, 0.2) is 6.33 Å². The van der Waals surface area contributed by atoms with Crippen molar-refractivity contribution in [1.29, 1.82) is 0 Å². The van der Waals surface area contributed by atoms with E-state index < -0.39 is 0 Å². The molecule has 4 heteroatoms. The van der Waals surface area contributed by atoms with Crippen molar-refractivity contribution < 1.29 is 0 Å². The van der Waals surface area contributed by atoms with Crippen LogP contribution in [0.1, 0.15) is 38.9 Å². The highest BCUT2D eigenvalue weighted by molar-refractivity contribution is 4.93. The molecule has 3 atom stereocenters. The maximum Gasteiger partial charge on any atom is 0.138 e. The SMILES string of the molecule is CCCn1ncnc1CC1CCC(N)C1C. The van der Waals surface area contributed by atoms with Gasteiger partial charge in [0.25, 0.3) is 0 Å². The number of aryl methyl sites for hydroxylation is 1. The van der Waals surface area contributed by atoms with E-state index in [2.05, 4.69) is 23.9 Å². The van der Waals surface area contributed by atoms with Gasteiger partial charge in [0.15, 0.2) is 0 Å². The molecule has 16 heavy (non-hydrogen) atoms. The normalized spacial score (nSPS) is 29.8. The van der Waals surface area contributed by atoms with E-state index in [9.17, 15) is 0 Å². The van der Waals surface area contributed by atoms with Crippen LogP contribution in [0.5, 0.6) is 0 Å². The first kappa shape index (κ1) is 11.6. The van der Waals surface area contributed by atoms with Crippen LogP contribution >= 0.6 is 0 Å². The molecule has 1 aromatic rings. The van der Waals surface area contributed by atoms with Crippen molar-refractivity contribution >= 4 is 0 Å². The lowest BCUT2D eigenvalue weighted by molar-refractivity contribution is 0.375. The quantitative estimate of drug-likeness (QED) is 0.842. The highest BCUT2D eigenvalue weighted by Gasteiger charge is 2.31. The summed E-state index contributed by atoms with van der Waals surface area (Å²) in [5.74, 6) is 2.44. The standard InChI is InChI=1S/C12H22N4/c1-3-6-16-12(14-8-15-16)7-10-4-5-11(13)9(10)2/h8-11H,3-7,13H2,1-2H3. The molecule has 4 nitrogen and oxygen atoms in total. The molecule has 1 aromatic heterocycles. The largest absolute Gasteiger partial charge is 0.327 e. The minimum Gasteiger partial charge on any atom is -0.327 e. The minimum absolute atomic E-state index is 0.382. The Balaban J connectivity index is 2.00. The zero-order valence-corrected chi connectivity index (χ0v) is 10.3. The van der Waals surface area contributed by atoms with Crippen LogP contribution in [0.25, 0.3) is 0 Å². The molecule has 0 bridgehead atoms. The lowest BCUT2D eigenvalue weighted by atomic mass is 9.93. The average Bonchev–Trinajstić information content (AvgIpc) is 2.82. The molecule has 1 heterocycles. The van der Waals surface area contributed by atoms with E-state index in [-0.39, 0.29) is 0 Å². The fourth-order valence-corrected chi connectivity index (χ4v) is 2.65. The lowest BCUT2D eigenvalue weighted by Crippen LogP contribution is -2.26. The Kier molecular flexibility index (Phi) is 3.59. The minimum atomic E-state index is 0.382. The van der Waals surface area contributed by atoms with Crippen LogP contribution in [0.2, 0.25) is 0 Å². The topological polar surface area (TPSA) is 56.7 Å². The number of rotatable bonds is 4. The molecule has 1 fully saturated rings. The van der Waals surface area contributed by atoms with Crippen molar-refractivity contribution in [2.45, 2.75) is 52.1 Å². The summed E-state index contributed by atoms with van der Waals surface area (Å²) < 4.78 is 2.04. The number of hydrogen-bond donors (Lipinski definition) is 1. The van der Waals surface area contributed by atoms with Gasteiger partial charge in [0.1, 0.15) is 12.2 Å². The molecular weight excluding hydrogens is 200 g/mol. The first-order valence-corrected chi connectivity index (χ1v) is 6.34. The summed E-state index contributed by atoms with van der Waals surface area (Å²) in [4.78, 5) is 4.37. The summed E-state index contributed by atoms with van der Waals surface area (Å²) in [5, 5.41) is 4.27. The van der Waals surface area contributed by atoms with E-state index in [0.29, 0.717) is 17.9 Å². The molecule has 0 aromatic carbocycles. The first-order chi connectivity index (χ1) is 7.72. The van der Waals surface area contributed by atoms with Gasteiger partial charge in [0.2, 0.25) is 0 Å². The van der Waals surface area contributed by atoms with Gasteiger partial charge in [-0.1, -0.05) is 13.8 Å². The highest BCUT2D eigenvalue weighted by Crippen LogP contribution is 2.32. The van der Waals surface area contributed by atoms with Gasteiger partial charge < -0.3 is 5.73 Å². The third-order valence-corrected chi connectivity index (χ3v) is 3.87. The maximum absolute atomic E-state index is 6.05. The van der Waals surface area contributed by atoms with Crippen LogP contribution in [0.4, 0.5) is 0 Å². The third kappa shape index (κ3) is 2.26. The molecule has 1 aliphatic rings. The van der Waals surface area contributed by atoms with Gasteiger partial charge in [-0.2, -0.15) is 5.10 Å². The van der Waals surface area contributed by atoms with E-state index in [1.54, 1.807) is 6.33 Å². The van der Waals surface area contributed by atoms with Gasteiger partial charge >= 0.3 is 0 Å². The van der Waals surface area contributed by atoms with Crippen molar-refractivity contribution in [3.05, 3.63) is 12.2 Å². The fraction of sp³-hybridized carbons (Fsp3) is 0.833. The van der Waals surface area contributed by atoms with Gasteiger partial charge in [-0.05, 0) is 31.1 Å². The molecule has 1 aliphatic carbocycles. The summed E-state index contributed by atoms with van der Waals surface area (Å²) in [6.07, 6.45) is 6.21. The molecule has 2 N–H and O–H groups in total. The van der Waals surface area contributed by atoms with Crippen molar-refractivity contribution in [2.24, 2.45) is 17.6 Å². The molecule has 0 saturated heterocycles. The maximum atomic E-state index is 6.05. The molecule has 0 spiro atoms. The van der Waals surface area contributed by atoms with E-state index in [1.165, 1.54) is 6.42 Å². The first-order valence-electron chi connectivity index (χ1n) is 6.34. The van der Waals surface area contributed by atoms with Crippen LogP contribution in [-0.4, -0.2) is 20.8 Å². The Morgan fingerprint density at radius 3 is 2.94 bits per heavy atom. The number of nitrogens with two attached hydrogens (primary N) is 1. The predicted molar refractivity (Wildman–Crippen MR) is 63.9 cm³/mol. The lowest BCUT2D eigenvalue weighted by Gasteiger charge is -2.17. The summed E-state index contributed by atoms with van der Waals surface area (Å²) in [6.45, 7) is 5.41. The van der Waals surface area contributed by atoms with Gasteiger partial charge in [-0.25, -0.2) is 4.98 Å². The van der Waals surface area contributed by atoms with Crippen LogP contribution < -0.4 is 5.73 Å². The van der Waals surface area contributed by atoms with E-state index in [0.717, 1.165) is 31.6 Å². The number of aromatic nitrogens is 3. The Bertz CT molecular complexity index is 334. The van der Waals surface area contributed by atoms with Crippen molar-refractivity contribution in [1.82, 2.24) is 14.8 Å². The van der Waals surface area contributed by atoms with Crippen molar-refractivity contribution in [3.8, 4) is 0 Å². The molecular formula is C12H22N4. The zero-order chi connectivity index (χ0) is 11.5. The van der Waals surface area contributed by atoms with Gasteiger partial charge in [0, 0.05) is 19.0 Å². The average molecular weight is 222 g/mol. The molecule has 2 rings (SSSR count). The predicted octanol–water partition coefficient (Wildman–Crippen LogP) is 1.60. The number of nitrogens with zero attached hydrogens (tertiary/aromatic N) is 3. The Hall–Kier alpha value is -0.900. The highest BCUT2D eigenvalue weighted by atomic mass is 15.3. The van der Waals surface area contributed by atoms with E-state index >= 15 is 0 Å². The van der Waals surface area contributed by atoms with Crippen molar-refractivity contribution in [2.75, 3.05) is 0 Å². The van der Waals surface area contributed by atoms with Crippen LogP contribution in [0.3, 0.4) is 0 Å². The summed E-state index contributed by atoms with van der Waals surface area (Å²) in [6, 6.07) is 0.382. The molecule has 90 valence electrons. The summed E-state index contributed by atoms with van der Waals surface area (Å²) in [5.41, 5.74) is 6.05. The third-order valence-electron chi connectivity index (χ3n) is 3.87. The molecule has 0 aliphatic heterocycles. The second kappa shape index (κ2) is 4.95. The summed E-state index contributed by atoms with van der Waals surface area (Å²) >= 11 is 0. The van der Waals surface area contributed by atoms with Crippen LogP contribution in [0, 0.1) is 11.8 Å². The van der Waals surface area contributed by atoms with E-state index in [4.69, 9.17) is 5.73 Å². The Morgan fingerprint density at radius 1 is 1.50 bits per heavy atom. The van der Waals surface area contributed by atoms with E-state index in [1.807, 2.05) is 4.68 Å². The molecule has 1 saturated carbocycles. The molecule has 0 radical (unpaired) electrons. The van der Waals surface area contributed by atoms with Gasteiger partial charge in [-0.15, -0.1) is 0 Å². The van der Waals surface area contributed by atoms with Crippen molar-refractivity contribution in [3.63, 3.8) is 0 Å². The summed E-state index contributed by atoms with van der Waals surface area (Å²) in [7, 11) is 0. The van der Waals surface area contributed by atoms with Crippen LogP contribution in [-0.2, 0) is 13.0 Å². The molecule has 3 unspecified atom stereocenters. The van der Waals surface area contributed by atoms with Gasteiger partial charge in [-0.3, -0.25) is 4.68 Å². The number of hydrogen-bond acceptors (Lipinski definition) is 3.